The second kappa shape index (κ2) is 8.34. The number of sulfonamides is 1. The molecule has 1 amide bonds. The molecule has 154 valence electrons. The molecule has 8 heteroatoms. The van der Waals surface area contributed by atoms with E-state index in [9.17, 15) is 18.0 Å². The molecule has 3 rings (SSSR count). The minimum Gasteiger partial charge on any atom is -0.449 e. The van der Waals surface area contributed by atoms with Crippen molar-refractivity contribution in [1.29, 1.82) is 0 Å². The Labute approximate surface area is 170 Å². The number of rotatable bonds is 5. The van der Waals surface area contributed by atoms with Crippen LogP contribution in [0.2, 0.25) is 0 Å². The number of amides is 1. The molecule has 0 fully saturated rings. The SMILES string of the molecule is Cc1ccc(S(N)(=O)=O)cc1C(=O)O[C@H](C)C(=O)N[C@@H]1CCCc2ccccc21. The topological polar surface area (TPSA) is 116 Å². The minimum absolute atomic E-state index is 0.0548. The molecule has 7 nitrogen and oxygen atoms in total. The van der Waals surface area contributed by atoms with E-state index in [1.54, 1.807) is 6.92 Å². The first-order valence-corrected chi connectivity index (χ1v) is 10.9. The Balaban J connectivity index is 1.70. The summed E-state index contributed by atoms with van der Waals surface area (Å²) < 4.78 is 28.4. The Kier molecular flexibility index (Phi) is 6.04. The molecule has 2 atom stereocenters. The number of carbonyl (C=O) groups is 2. The monoisotopic (exact) mass is 416 g/mol. The van der Waals surface area contributed by atoms with Gasteiger partial charge in [-0.15, -0.1) is 0 Å². The molecule has 0 heterocycles. The summed E-state index contributed by atoms with van der Waals surface area (Å²) in [7, 11) is -3.96. The van der Waals surface area contributed by atoms with Crippen LogP contribution in [0, 0.1) is 6.92 Å². The summed E-state index contributed by atoms with van der Waals surface area (Å²) in [6.45, 7) is 3.13. The summed E-state index contributed by atoms with van der Waals surface area (Å²) in [6, 6.07) is 11.8. The number of ether oxygens (including phenoxy) is 1. The summed E-state index contributed by atoms with van der Waals surface area (Å²) in [6.07, 6.45) is 1.73. The molecule has 0 aliphatic heterocycles. The van der Waals surface area contributed by atoms with E-state index in [0.717, 1.165) is 30.9 Å². The molecule has 0 spiro atoms. The molecule has 0 unspecified atom stereocenters. The predicted octanol–water partition coefficient (Wildman–Crippen LogP) is 2.38. The average molecular weight is 416 g/mol. The maximum atomic E-state index is 12.6. The molecular weight excluding hydrogens is 392 g/mol. The van der Waals surface area contributed by atoms with Gasteiger partial charge >= 0.3 is 5.97 Å². The highest BCUT2D eigenvalue weighted by Crippen LogP contribution is 2.29. The van der Waals surface area contributed by atoms with Gasteiger partial charge in [0.05, 0.1) is 16.5 Å². The fourth-order valence-electron chi connectivity index (χ4n) is 3.47. The lowest BCUT2D eigenvalue weighted by molar-refractivity contribution is -0.130. The van der Waals surface area contributed by atoms with Crippen molar-refractivity contribution in [2.75, 3.05) is 0 Å². The smallest absolute Gasteiger partial charge is 0.339 e. The Morgan fingerprint density at radius 2 is 1.93 bits per heavy atom. The van der Waals surface area contributed by atoms with Crippen molar-refractivity contribution in [3.8, 4) is 0 Å². The van der Waals surface area contributed by atoms with E-state index in [-0.39, 0.29) is 16.5 Å². The number of hydrogen-bond donors (Lipinski definition) is 2. The number of fused-ring (bicyclic) bond motifs is 1. The van der Waals surface area contributed by atoms with E-state index in [4.69, 9.17) is 9.88 Å². The summed E-state index contributed by atoms with van der Waals surface area (Å²) in [5, 5.41) is 8.07. The molecule has 1 aliphatic carbocycles. The number of esters is 1. The lowest BCUT2D eigenvalue weighted by Crippen LogP contribution is -2.39. The van der Waals surface area contributed by atoms with Crippen LogP contribution in [0.15, 0.2) is 47.4 Å². The molecule has 3 N–H and O–H groups in total. The van der Waals surface area contributed by atoms with Gasteiger partial charge in [0.25, 0.3) is 5.91 Å². The number of nitrogens with two attached hydrogens (primary N) is 1. The van der Waals surface area contributed by atoms with Crippen LogP contribution in [0.5, 0.6) is 0 Å². The van der Waals surface area contributed by atoms with Crippen molar-refractivity contribution in [2.24, 2.45) is 5.14 Å². The van der Waals surface area contributed by atoms with Gasteiger partial charge in [-0.1, -0.05) is 30.3 Å². The van der Waals surface area contributed by atoms with Gasteiger partial charge in [0.2, 0.25) is 10.0 Å². The summed E-state index contributed by atoms with van der Waals surface area (Å²) in [5.74, 6) is -1.18. The third-order valence-electron chi connectivity index (χ3n) is 5.10. The van der Waals surface area contributed by atoms with Crippen molar-refractivity contribution in [1.82, 2.24) is 5.32 Å². The van der Waals surface area contributed by atoms with Crippen molar-refractivity contribution in [3.63, 3.8) is 0 Å². The quantitative estimate of drug-likeness (QED) is 0.726. The molecule has 0 saturated carbocycles. The van der Waals surface area contributed by atoms with Gasteiger partial charge < -0.3 is 10.1 Å². The van der Waals surface area contributed by atoms with Crippen LogP contribution < -0.4 is 10.5 Å². The highest BCUT2D eigenvalue weighted by atomic mass is 32.2. The van der Waals surface area contributed by atoms with Gasteiger partial charge in [-0.05, 0) is 61.9 Å². The Hall–Kier alpha value is -2.71. The molecule has 0 bridgehead atoms. The van der Waals surface area contributed by atoms with E-state index in [0.29, 0.717) is 5.56 Å². The van der Waals surface area contributed by atoms with Gasteiger partial charge in [0.1, 0.15) is 0 Å². The van der Waals surface area contributed by atoms with Gasteiger partial charge in [0.15, 0.2) is 6.10 Å². The first-order valence-electron chi connectivity index (χ1n) is 9.39. The number of aryl methyl sites for hydroxylation is 2. The largest absolute Gasteiger partial charge is 0.449 e. The van der Waals surface area contributed by atoms with Gasteiger partial charge in [-0.25, -0.2) is 18.4 Å². The molecule has 0 saturated heterocycles. The second-order valence-corrected chi connectivity index (χ2v) is 8.78. The van der Waals surface area contributed by atoms with Gasteiger partial charge in [-0.2, -0.15) is 0 Å². The minimum atomic E-state index is -3.96. The number of carbonyl (C=O) groups excluding carboxylic acids is 2. The Morgan fingerprint density at radius 3 is 2.66 bits per heavy atom. The van der Waals surface area contributed by atoms with Crippen molar-refractivity contribution < 1.29 is 22.7 Å². The van der Waals surface area contributed by atoms with Crippen LogP contribution in [0.4, 0.5) is 0 Å². The van der Waals surface area contributed by atoms with Crippen LogP contribution in [0.25, 0.3) is 0 Å². The third-order valence-corrected chi connectivity index (χ3v) is 6.01. The zero-order chi connectivity index (χ0) is 21.2. The lowest BCUT2D eigenvalue weighted by Gasteiger charge is -2.27. The summed E-state index contributed by atoms with van der Waals surface area (Å²) in [5.41, 5.74) is 2.88. The lowest BCUT2D eigenvalue weighted by atomic mass is 9.87. The van der Waals surface area contributed by atoms with E-state index in [2.05, 4.69) is 11.4 Å². The standard InChI is InChI=1S/C21H24N2O5S/c1-13-10-11-16(29(22,26)27)12-18(13)21(25)28-14(2)20(24)23-19-9-5-7-15-6-3-4-8-17(15)19/h3-4,6,8,10-12,14,19H,5,7,9H2,1-2H3,(H,23,24)(H2,22,26,27)/t14-,19-/m1/s1. The van der Waals surface area contributed by atoms with Crippen LogP contribution in [-0.2, 0) is 26.0 Å². The fourth-order valence-corrected chi connectivity index (χ4v) is 4.01. The molecule has 0 radical (unpaired) electrons. The highest BCUT2D eigenvalue weighted by molar-refractivity contribution is 7.89. The molecule has 0 aromatic heterocycles. The van der Waals surface area contributed by atoms with Crippen LogP contribution >= 0.6 is 0 Å². The molecular formula is C21H24N2O5S. The van der Waals surface area contributed by atoms with Crippen molar-refractivity contribution in [2.45, 2.75) is 50.2 Å². The first-order chi connectivity index (χ1) is 13.7. The highest BCUT2D eigenvalue weighted by Gasteiger charge is 2.26. The van der Waals surface area contributed by atoms with Crippen molar-refractivity contribution in [3.05, 3.63) is 64.7 Å². The van der Waals surface area contributed by atoms with Crippen LogP contribution in [-0.4, -0.2) is 26.4 Å². The summed E-state index contributed by atoms with van der Waals surface area (Å²) in [4.78, 5) is 24.9. The average Bonchev–Trinajstić information content (AvgIpc) is 2.67. The molecule has 29 heavy (non-hydrogen) atoms. The molecule has 2 aromatic carbocycles. The number of benzene rings is 2. The Morgan fingerprint density at radius 1 is 1.21 bits per heavy atom. The maximum Gasteiger partial charge on any atom is 0.339 e. The van der Waals surface area contributed by atoms with E-state index < -0.39 is 28.0 Å². The number of hydrogen-bond acceptors (Lipinski definition) is 5. The normalized spacial score (nSPS) is 17.1. The number of nitrogens with one attached hydrogen (secondary N) is 1. The van der Waals surface area contributed by atoms with Gasteiger partial charge in [0, 0.05) is 0 Å². The van der Waals surface area contributed by atoms with Gasteiger partial charge in [-0.3, -0.25) is 4.79 Å². The summed E-state index contributed by atoms with van der Waals surface area (Å²) >= 11 is 0. The first kappa shape index (κ1) is 21.0. The zero-order valence-corrected chi connectivity index (χ0v) is 17.2. The van der Waals surface area contributed by atoms with Crippen LogP contribution in [0.3, 0.4) is 0 Å². The second-order valence-electron chi connectivity index (χ2n) is 7.22. The van der Waals surface area contributed by atoms with E-state index >= 15 is 0 Å². The molecule has 2 aromatic rings. The number of primary sulfonamides is 1. The third kappa shape index (κ3) is 4.83. The van der Waals surface area contributed by atoms with Crippen molar-refractivity contribution >= 4 is 21.9 Å². The maximum absolute atomic E-state index is 12.6. The molecule has 1 aliphatic rings. The zero-order valence-electron chi connectivity index (χ0n) is 16.3. The fraction of sp³-hybridized carbons (Fsp3) is 0.333. The predicted molar refractivity (Wildman–Crippen MR) is 108 cm³/mol. The Bertz CT molecular complexity index is 1050. The van der Waals surface area contributed by atoms with E-state index in [1.165, 1.54) is 24.6 Å². The van der Waals surface area contributed by atoms with Crippen LogP contribution in [0.1, 0.15) is 52.9 Å². The van der Waals surface area contributed by atoms with E-state index in [1.807, 2.05) is 18.2 Å².